The first-order valence-corrected chi connectivity index (χ1v) is 8.00. The number of nitrogens with two attached hydrogens (primary N) is 1. The summed E-state index contributed by atoms with van der Waals surface area (Å²) >= 11 is 5.31. The molecular weight excluding hydrogens is 320 g/mol. The first kappa shape index (κ1) is 14.6. The van der Waals surface area contributed by atoms with Crippen LogP contribution in [0.2, 0.25) is 0 Å². The van der Waals surface area contributed by atoms with Crippen molar-refractivity contribution in [1.82, 2.24) is 4.90 Å². The van der Waals surface area contributed by atoms with Crippen molar-refractivity contribution in [2.45, 2.75) is 25.9 Å². The van der Waals surface area contributed by atoms with Gasteiger partial charge in [0.05, 0.1) is 0 Å². The predicted molar refractivity (Wildman–Crippen MR) is 87.5 cm³/mol. The fourth-order valence-corrected chi connectivity index (χ4v) is 3.24. The molecule has 2 nitrogen and oxygen atoms in total. The van der Waals surface area contributed by atoms with E-state index in [4.69, 9.17) is 5.73 Å². The fourth-order valence-electron chi connectivity index (χ4n) is 1.99. The zero-order valence-corrected chi connectivity index (χ0v) is 13.7. The molecule has 2 rings (SSSR count). The van der Waals surface area contributed by atoms with Crippen molar-refractivity contribution < 1.29 is 0 Å². The summed E-state index contributed by atoms with van der Waals surface area (Å²) in [5, 5.41) is 2.14. The highest BCUT2D eigenvalue weighted by atomic mass is 79.9. The first-order chi connectivity index (χ1) is 9.06. The molecule has 0 fully saturated rings. The van der Waals surface area contributed by atoms with Crippen LogP contribution in [0.25, 0.3) is 0 Å². The van der Waals surface area contributed by atoms with Gasteiger partial charge in [-0.25, -0.2) is 0 Å². The molecule has 2 aromatic rings. The first-order valence-electron chi connectivity index (χ1n) is 6.33. The SMILES string of the molecule is CC(Cc1cccs1)N(C)Cc1ccc(N)c(Br)c1. The van der Waals surface area contributed by atoms with Crippen LogP contribution in [0.1, 0.15) is 17.4 Å². The summed E-state index contributed by atoms with van der Waals surface area (Å²) in [4.78, 5) is 3.82. The molecule has 1 unspecified atom stereocenters. The van der Waals surface area contributed by atoms with Crippen LogP contribution >= 0.6 is 27.3 Å². The van der Waals surface area contributed by atoms with Crippen LogP contribution < -0.4 is 5.73 Å². The Morgan fingerprint density at radius 3 is 2.79 bits per heavy atom. The molecule has 0 saturated carbocycles. The van der Waals surface area contributed by atoms with E-state index in [1.54, 1.807) is 0 Å². The second-order valence-electron chi connectivity index (χ2n) is 4.90. The number of hydrogen-bond acceptors (Lipinski definition) is 3. The van der Waals surface area contributed by atoms with Crippen LogP contribution in [0.3, 0.4) is 0 Å². The summed E-state index contributed by atoms with van der Waals surface area (Å²) in [5.74, 6) is 0. The van der Waals surface area contributed by atoms with E-state index < -0.39 is 0 Å². The third-order valence-corrected chi connectivity index (χ3v) is 4.91. The molecule has 1 atom stereocenters. The molecule has 0 spiro atoms. The van der Waals surface area contributed by atoms with Gasteiger partial charge in [0.1, 0.15) is 0 Å². The Hall–Kier alpha value is -0.840. The van der Waals surface area contributed by atoms with Gasteiger partial charge in [-0.2, -0.15) is 0 Å². The van der Waals surface area contributed by atoms with Gasteiger partial charge in [0.2, 0.25) is 0 Å². The minimum absolute atomic E-state index is 0.523. The average molecular weight is 339 g/mol. The molecule has 0 aliphatic heterocycles. The van der Waals surface area contributed by atoms with Crippen molar-refractivity contribution in [3.05, 3.63) is 50.6 Å². The van der Waals surface area contributed by atoms with E-state index in [9.17, 15) is 0 Å². The van der Waals surface area contributed by atoms with Gasteiger partial charge in [0.25, 0.3) is 0 Å². The third kappa shape index (κ3) is 4.06. The number of likely N-dealkylation sites (N-methyl/N-ethyl adjacent to an activating group) is 1. The van der Waals surface area contributed by atoms with Crippen LogP contribution in [0.15, 0.2) is 40.2 Å². The maximum atomic E-state index is 5.81. The average Bonchev–Trinajstić information content (AvgIpc) is 2.86. The van der Waals surface area contributed by atoms with E-state index in [-0.39, 0.29) is 0 Å². The lowest BCUT2D eigenvalue weighted by atomic mass is 10.1. The van der Waals surface area contributed by atoms with Crippen LogP contribution in [0.5, 0.6) is 0 Å². The monoisotopic (exact) mass is 338 g/mol. The highest BCUT2D eigenvalue weighted by Gasteiger charge is 2.11. The summed E-state index contributed by atoms with van der Waals surface area (Å²) in [6.45, 7) is 3.21. The van der Waals surface area contributed by atoms with Crippen molar-refractivity contribution in [2.24, 2.45) is 0 Å². The fraction of sp³-hybridized carbons (Fsp3) is 0.333. The van der Waals surface area contributed by atoms with Crippen molar-refractivity contribution in [3.8, 4) is 0 Å². The van der Waals surface area contributed by atoms with E-state index in [0.717, 1.165) is 23.1 Å². The van der Waals surface area contributed by atoms with Gasteiger partial charge in [-0.05, 0) is 65.5 Å². The topological polar surface area (TPSA) is 29.3 Å². The maximum Gasteiger partial charge on any atom is 0.0458 e. The number of benzene rings is 1. The Labute approximate surface area is 127 Å². The maximum absolute atomic E-state index is 5.81. The second kappa shape index (κ2) is 6.55. The number of nitrogens with zero attached hydrogens (tertiary/aromatic N) is 1. The molecule has 1 aromatic heterocycles. The Kier molecular flexibility index (Phi) is 5.02. The van der Waals surface area contributed by atoms with Crippen molar-refractivity contribution in [1.29, 1.82) is 0 Å². The molecule has 2 N–H and O–H groups in total. The molecular formula is C15H19BrN2S. The normalized spacial score (nSPS) is 12.8. The molecule has 0 bridgehead atoms. The largest absolute Gasteiger partial charge is 0.398 e. The standard InChI is InChI=1S/C15H19BrN2S/c1-11(8-13-4-3-7-19-13)18(2)10-12-5-6-15(17)14(16)9-12/h3-7,9,11H,8,10,17H2,1-2H3. The third-order valence-electron chi connectivity index (χ3n) is 3.33. The van der Waals surface area contributed by atoms with Crippen LogP contribution in [0, 0.1) is 0 Å². The van der Waals surface area contributed by atoms with Gasteiger partial charge in [0.15, 0.2) is 0 Å². The smallest absolute Gasteiger partial charge is 0.0458 e. The Morgan fingerprint density at radius 1 is 1.37 bits per heavy atom. The van der Waals surface area contributed by atoms with Gasteiger partial charge in [-0.3, -0.25) is 4.90 Å². The minimum Gasteiger partial charge on any atom is -0.398 e. The van der Waals surface area contributed by atoms with Gasteiger partial charge >= 0.3 is 0 Å². The van der Waals surface area contributed by atoms with Crippen LogP contribution in [0.4, 0.5) is 5.69 Å². The van der Waals surface area contributed by atoms with E-state index >= 15 is 0 Å². The summed E-state index contributed by atoms with van der Waals surface area (Å²) in [6, 6.07) is 11.0. The molecule has 0 aliphatic rings. The van der Waals surface area contributed by atoms with Gasteiger partial charge in [-0.15, -0.1) is 11.3 Å². The molecule has 4 heteroatoms. The van der Waals surface area contributed by atoms with E-state index in [0.29, 0.717) is 6.04 Å². The number of rotatable bonds is 5. The summed E-state index contributed by atoms with van der Waals surface area (Å²) in [6.07, 6.45) is 1.10. The number of halogens is 1. The second-order valence-corrected chi connectivity index (χ2v) is 6.79. The summed E-state index contributed by atoms with van der Waals surface area (Å²) in [5.41, 5.74) is 7.88. The molecule has 0 amide bonds. The van der Waals surface area contributed by atoms with E-state index in [1.807, 2.05) is 17.4 Å². The zero-order chi connectivity index (χ0) is 13.8. The van der Waals surface area contributed by atoms with Crippen molar-refractivity contribution in [3.63, 3.8) is 0 Å². The number of nitrogen functional groups attached to an aromatic ring is 1. The Morgan fingerprint density at radius 2 is 2.16 bits per heavy atom. The molecule has 19 heavy (non-hydrogen) atoms. The lowest BCUT2D eigenvalue weighted by Gasteiger charge is -2.24. The highest BCUT2D eigenvalue weighted by Crippen LogP contribution is 2.22. The molecule has 1 heterocycles. The molecule has 102 valence electrons. The highest BCUT2D eigenvalue weighted by molar-refractivity contribution is 9.10. The lowest BCUT2D eigenvalue weighted by Crippen LogP contribution is -2.30. The van der Waals surface area contributed by atoms with Gasteiger partial charge in [0, 0.05) is 27.6 Å². The quantitative estimate of drug-likeness (QED) is 0.829. The van der Waals surface area contributed by atoms with Crippen molar-refractivity contribution >= 4 is 33.0 Å². The molecule has 1 aromatic carbocycles. The van der Waals surface area contributed by atoms with Gasteiger partial charge in [-0.1, -0.05) is 12.1 Å². The number of thiophene rings is 1. The molecule has 0 radical (unpaired) electrons. The van der Waals surface area contributed by atoms with Crippen LogP contribution in [-0.2, 0) is 13.0 Å². The predicted octanol–water partition coefficient (Wildman–Crippen LogP) is 4.16. The number of anilines is 1. The van der Waals surface area contributed by atoms with Gasteiger partial charge < -0.3 is 5.73 Å². The van der Waals surface area contributed by atoms with Crippen molar-refractivity contribution in [2.75, 3.05) is 12.8 Å². The zero-order valence-electron chi connectivity index (χ0n) is 11.3. The Bertz CT molecular complexity index is 525. The van der Waals surface area contributed by atoms with E-state index in [1.165, 1.54) is 10.4 Å². The summed E-state index contributed by atoms with van der Waals surface area (Å²) in [7, 11) is 2.17. The Balaban J connectivity index is 1.96. The molecule has 0 saturated heterocycles. The number of hydrogen-bond donors (Lipinski definition) is 1. The van der Waals surface area contributed by atoms with Crippen LogP contribution in [-0.4, -0.2) is 18.0 Å². The summed E-state index contributed by atoms with van der Waals surface area (Å²) < 4.78 is 0.976. The molecule has 0 aliphatic carbocycles. The lowest BCUT2D eigenvalue weighted by molar-refractivity contribution is 0.249. The minimum atomic E-state index is 0.523. The van der Waals surface area contributed by atoms with E-state index in [2.05, 4.69) is 64.4 Å².